The number of hydrogen-bond donors (Lipinski definition) is 1. The lowest BCUT2D eigenvalue weighted by molar-refractivity contribution is 0.0952. The van der Waals surface area contributed by atoms with E-state index < -0.39 is 5.82 Å². The molecule has 0 aliphatic rings. The second-order valence-electron chi connectivity index (χ2n) is 3.43. The Kier molecular flexibility index (Phi) is 6.58. The van der Waals surface area contributed by atoms with Crippen LogP contribution in [0.25, 0.3) is 0 Å². The first-order valence-electron chi connectivity index (χ1n) is 5.46. The number of benzene rings is 1. The molecule has 0 aromatic heterocycles. The Hall–Kier alpha value is -0.550. The molecule has 0 aliphatic carbocycles. The molecule has 2 nitrogen and oxygen atoms in total. The molecule has 0 bridgehead atoms. The Bertz CT molecular complexity index is 387. The maximum atomic E-state index is 13.0. The Morgan fingerprint density at radius 3 is 3.00 bits per heavy atom. The molecule has 0 saturated heterocycles. The number of hydrogen-bond acceptors (Lipinski definition) is 2. The van der Waals surface area contributed by atoms with Crippen molar-refractivity contribution in [2.24, 2.45) is 0 Å². The van der Waals surface area contributed by atoms with Gasteiger partial charge in [0.2, 0.25) is 0 Å². The molecule has 1 N–H and O–H groups in total. The standard InChI is InChI=1S/C12H15BrFNOS/c1-2-17-7-3-6-15-12(16)10-8-9(14)4-5-11(10)13/h4-5,8H,2-3,6-7H2,1H3,(H,15,16). The topological polar surface area (TPSA) is 29.1 Å². The van der Waals surface area contributed by atoms with E-state index in [0.29, 0.717) is 16.6 Å². The molecule has 0 heterocycles. The number of nitrogens with one attached hydrogen (secondary N) is 1. The molecule has 1 aromatic rings. The summed E-state index contributed by atoms with van der Waals surface area (Å²) in [5, 5.41) is 2.78. The van der Waals surface area contributed by atoms with Crippen LogP contribution >= 0.6 is 27.7 Å². The maximum Gasteiger partial charge on any atom is 0.252 e. The fraction of sp³-hybridized carbons (Fsp3) is 0.417. The Morgan fingerprint density at radius 2 is 2.29 bits per heavy atom. The van der Waals surface area contributed by atoms with Gasteiger partial charge in [-0.3, -0.25) is 4.79 Å². The van der Waals surface area contributed by atoms with Gasteiger partial charge in [0.15, 0.2) is 0 Å². The quantitative estimate of drug-likeness (QED) is 0.813. The first kappa shape index (κ1) is 14.5. The number of halogens is 2. The molecule has 0 unspecified atom stereocenters. The summed E-state index contributed by atoms with van der Waals surface area (Å²) >= 11 is 5.07. The molecule has 0 aliphatic heterocycles. The lowest BCUT2D eigenvalue weighted by atomic mass is 10.2. The average molecular weight is 320 g/mol. The molecule has 1 amide bonds. The van der Waals surface area contributed by atoms with Crippen LogP contribution in [0.1, 0.15) is 23.7 Å². The first-order chi connectivity index (χ1) is 8.15. The molecule has 0 spiro atoms. The van der Waals surface area contributed by atoms with Crippen molar-refractivity contribution in [1.82, 2.24) is 5.32 Å². The fourth-order valence-corrected chi connectivity index (χ4v) is 2.35. The smallest absolute Gasteiger partial charge is 0.252 e. The van der Waals surface area contributed by atoms with Crippen molar-refractivity contribution in [3.8, 4) is 0 Å². The van der Waals surface area contributed by atoms with Crippen molar-refractivity contribution in [2.75, 3.05) is 18.1 Å². The van der Waals surface area contributed by atoms with E-state index in [-0.39, 0.29) is 5.91 Å². The van der Waals surface area contributed by atoms with E-state index in [0.717, 1.165) is 17.9 Å². The van der Waals surface area contributed by atoms with Gasteiger partial charge in [-0.25, -0.2) is 4.39 Å². The number of rotatable bonds is 6. The highest BCUT2D eigenvalue weighted by molar-refractivity contribution is 9.10. The SMILES string of the molecule is CCSCCCNC(=O)c1cc(F)ccc1Br. The van der Waals surface area contributed by atoms with Crippen molar-refractivity contribution in [3.05, 3.63) is 34.1 Å². The normalized spacial score (nSPS) is 10.3. The molecule has 0 atom stereocenters. The van der Waals surface area contributed by atoms with Crippen molar-refractivity contribution < 1.29 is 9.18 Å². The molecular weight excluding hydrogens is 305 g/mol. The number of thioether (sulfide) groups is 1. The third kappa shape index (κ3) is 5.08. The van der Waals surface area contributed by atoms with Gasteiger partial charge >= 0.3 is 0 Å². The molecule has 94 valence electrons. The molecule has 1 rings (SSSR count). The van der Waals surface area contributed by atoms with Crippen molar-refractivity contribution in [1.29, 1.82) is 0 Å². The van der Waals surface area contributed by atoms with Crippen LogP contribution in [-0.4, -0.2) is 24.0 Å². The van der Waals surface area contributed by atoms with Gasteiger partial charge in [0.05, 0.1) is 5.56 Å². The van der Waals surface area contributed by atoms with Gasteiger partial charge in [0.25, 0.3) is 5.91 Å². The predicted molar refractivity (Wildman–Crippen MR) is 74.0 cm³/mol. The summed E-state index contributed by atoms with van der Waals surface area (Å²) in [6.45, 7) is 2.72. The van der Waals surface area contributed by atoms with E-state index >= 15 is 0 Å². The summed E-state index contributed by atoms with van der Waals surface area (Å²) in [6, 6.07) is 4.09. The number of carbonyl (C=O) groups is 1. The van der Waals surface area contributed by atoms with Gasteiger partial charge in [-0.2, -0.15) is 11.8 Å². The fourth-order valence-electron chi connectivity index (χ4n) is 1.29. The molecule has 0 saturated carbocycles. The average Bonchev–Trinajstić information content (AvgIpc) is 2.32. The molecule has 5 heteroatoms. The van der Waals surface area contributed by atoms with Crippen LogP contribution in [0.5, 0.6) is 0 Å². The molecular formula is C12H15BrFNOS. The Balaban J connectivity index is 2.44. The third-order valence-corrected chi connectivity index (χ3v) is 3.81. The lowest BCUT2D eigenvalue weighted by Crippen LogP contribution is -2.25. The highest BCUT2D eigenvalue weighted by Gasteiger charge is 2.10. The summed E-state index contributed by atoms with van der Waals surface area (Å²) in [6.07, 6.45) is 0.928. The summed E-state index contributed by atoms with van der Waals surface area (Å²) < 4.78 is 13.6. The van der Waals surface area contributed by atoms with E-state index in [1.54, 1.807) is 0 Å². The minimum Gasteiger partial charge on any atom is -0.352 e. The van der Waals surface area contributed by atoms with Crippen molar-refractivity contribution in [2.45, 2.75) is 13.3 Å². The van der Waals surface area contributed by atoms with Crippen LogP contribution in [0.2, 0.25) is 0 Å². The first-order valence-corrected chi connectivity index (χ1v) is 7.41. The lowest BCUT2D eigenvalue weighted by Gasteiger charge is -2.06. The highest BCUT2D eigenvalue weighted by Crippen LogP contribution is 2.17. The van der Waals surface area contributed by atoms with Gasteiger partial charge in [-0.1, -0.05) is 6.92 Å². The summed E-state index contributed by atoms with van der Waals surface area (Å²) in [5.74, 6) is 1.47. The van der Waals surface area contributed by atoms with Gasteiger partial charge in [-0.15, -0.1) is 0 Å². The number of carbonyl (C=O) groups excluding carboxylic acids is 1. The van der Waals surface area contributed by atoms with Gasteiger partial charge in [0, 0.05) is 11.0 Å². The molecule has 17 heavy (non-hydrogen) atoms. The van der Waals surface area contributed by atoms with Gasteiger partial charge in [-0.05, 0) is 52.1 Å². The summed E-state index contributed by atoms with van der Waals surface area (Å²) in [4.78, 5) is 11.7. The minimum atomic E-state index is -0.403. The third-order valence-electron chi connectivity index (χ3n) is 2.13. The van der Waals surface area contributed by atoms with Crippen LogP contribution in [0, 0.1) is 5.82 Å². The van der Waals surface area contributed by atoms with Crippen LogP contribution in [-0.2, 0) is 0 Å². The van der Waals surface area contributed by atoms with E-state index in [2.05, 4.69) is 28.2 Å². The van der Waals surface area contributed by atoms with E-state index in [4.69, 9.17) is 0 Å². The zero-order valence-electron chi connectivity index (χ0n) is 9.63. The van der Waals surface area contributed by atoms with Gasteiger partial charge in [0.1, 0.15) is 5.82 Å². The summed E-state index contributed by atoms with van der Waals surface area (Å²) in [5.41, 5.74) is 0.341. The van der Waals surface area contributed by atoms with Crippen molar-refractivity contribution in [3.63, 3.8) is 0 Å². The number of amides is 1. The Morgan fingerprint density at radius 1 is 1.53 bits per heavy atom. The zero-order chi connectivity index (χ0) is 12.7. The monoisotopic (exact) mass is 319 g/mol. The van der Waals surface area contributed by atoms with E-state index in [9.17, 15) is 9.18 Å². The zero-order valence-corrected chi connectivity index (χ0v) is 12.0. The minimum absolute atomic E-state index is 0.238. The van der Waals surface area contributed by atoms with Crippen LogP contribution < -0.4 is 5.32 Å². The maximum absolute atomic E-state index is 13.0. The highest BCUT2D eigenvalue weighted by atomic mass is 79.9. The van der Waals surface area contributed by atoms with Gasteiger partial charge < -0.3 is 5.32 Å². The predicted octanol–water partition coefficient (Wildman–Crippen LogP) is 3.46. The van der Waals surface area contributed by atoms with Crippen LogP contribution in [0.4, 0.5) is 4.39 Å². The largest absolute Gasteiger partial charge is 0.352 e. The second-order valence-corrected chi connectivity index (χ2v) is 5.68. The molecule has 0 fully saturated rings. The second kappa shape index (κ2) is 7.71. The summed E-state index contributed by atoms with van der Waals surface area (Å²) in [7, 11) is 0. The Labute approximate surface area is 113 Å². The van der Waals surface area contributed by atoms with Crippen LogP contribution in [0.3, 0.4) is 0 Å². The molecule has 0 radical (unpaired) electrons. The van der Waals surface area contributed by atoms with Crippen molar-refractivity contribution >= 4 is 33.6 Å². The van der Waals surface area contributed by atoms with E-state index in [1.165, 1.54) is 18.2 Å². The van der Waals surface area contributed by atoms with E-state index in [1.807, 2.05) is 11.8 Å². The van der Waals surface area contributed by atoms with Crippen LogP contribution in [0.15, 0.2) is 22.7 Å². The molecule has 1 aromatic carbocycles.